The monoisotopic (exact) mass is 491 g/mol. The molecule has 0 saturated carbocycles. The Hall–Kier alpha value is -2.18. The van der Waals surface area contributed by atoms with Crippen LogP contribution in [0.4, 0.5) is 5.69 Å². The summed E-state index contributed by atoms with van der Waals surface area (Å²) in [5, 5.41) is 8.04. The number of hydrogen-bond donors (Lipinski definition) is 1. The predicted molar refractivity (Wildman–Crippen MR) is 134 cm³/mol. The van der Waals surface area contributed by atoms with E-state index in [1.807, 2.05) is 64.1 Å². The van der Waals surface area contributed by atoms with E-state index in [-0.39, 0.29) is 6.10 Å². The molecule has 3 aromatic rings. The highest BCUT2D eigenvalue weighted by Crippen LogP contribution is 2.38. The Morgan fingerprint density at radius 3 is 2.36 bits per heavy atom. The SMILES string of the molecule is CCOP(CCCNc1ccc(-c2nc(-c3ccc(OC(C)C)c(Cl)c3)no2)cc1)OCC. The average Bonchev–Trinajstić information content (AvgIpc) is 3.29. The van der Waals surface area contributed by atoms with Gasteiger partial charge in [-0.3, -0.25) is 0 Å². The molecule has 2 aromatic carbocycles. The molecule has 0 spiro atoms. The van der Waals surface area contributed by atoms with Gasteiger partial charge in [0, 0.05) is 29.5 Å². The van der Waals surface area contributed by atoms with E-state index in [0.717, 1.165) is 35.9 Å². The van der Waals surface area contributed by atoms with Crippen molar-refractivity contribution in [3.63, 3.8) is 0 Å². The fraction of sp³-hybridized carbons (Fsp3) is 0.417. The van der Waals surface area contributed by atoms with Crippen LogP contribution in [0.2, 0.25) is 5.02 Å². The minimum Gasteiger partial charge on any atom is -0.489 e. The van der Waals surface area contributed by atoms with E-state index in [2.05, 4.69) is 15.5 Å². The van der Waals surface area contributed by atoms with Crippen LogP contribution >= 0.6 is 20.0 Å². The quantitative estimate of drug-likeness (QED) is 0.203. The number of anilines is 1. The number of halogens is 1. The minimum atomic E-state index is -0.785. The van der Waals surface area contributed by atoms with Crippen molar-refractivity contribution in [2.45, 2.75) is 40.2 Å². The number of benzene rings is 2. The second kappa shape index (κ2) is 12.9. The first kappa shape index (κ1) is 25.4. The Labute approximate surface area is 201 Å². The van der Waals surface area contributed by atoms with Gasteiger partial charge in [-0.05, 0) is 76.6 Å². The van der Waals surface area contributed by atoms with Crippen molar-refractivity contribution in [3.05, 3.63) is 47.5 Å². The molecule has 33 heavy (non-hydrogen) atoms. The van der Waals surface area contributed by atoms with Crippen LogP contribution in [0.3, 0.4) is 0 Å². The molecule has 9 heteroatoms. The van der Waals surface area contributed by atoms with Crippen LogP contribution in [0.25, 0.3) is 22.8 Å². The summed E-state index contributed by atoms with van der Waals surface area (Å²) in [6.45, 7) is 10.1. The molecule has 0 fully saturated rings. The summed E-state index contributed by atoms with van der Waals surface area (Å²) in [6, 6.07) is 13.4. The zero-order valence-electron chi connectivity index (χ0n) is 19.5. The Morgan fingerprint density at radius 2 is 1.73 bits per heavy atom. The maximum absolute atomic E-state index is 6.33. The lowest BCUT2D eigenvalue weighted by molar-refractivity contribution is 0.242. The van der Waals surface area contributed by atoms with Gasteiger partial charge in [-0.25, -0.2) is 0 Å². The fourth-order valence-corrected chi connectivity index (χ4v) is 4.62. The molecule has 7 nitrogen and oxygen atoms in total. The summed E-state index contributed by atoms with van der Waals surface area (Å²) in [4.78, 5) is 4.52. The zero-order valence-corrected chi connectivity index (χ0v) is 21.2. The van der Waals surface area contributed by atoms with E-state index >= 15 is 0 Å². The molecule has 1 N–H and O–H groups in total. The van der Waals surface area contributed by atoms with Gasteiger partial charge < -0.3 is 23.6 Å². The standard InChI is InChI=1S/C24H31ClN3O4P/c1-5-29-33(30-6-2)15-7-14-26-20-11-8-18(9-12-20)24-27-23(28-32-24)19-10-13-22(21(25)16-19)31-17(3)4/h8-13,16-17,26H,5-7,14-15H2,1-4H3. The third-order valence-corrected chi connectivity index (χ3v) is 6.57. The second-order valence-corrected chi connectivity index (χ2v) is 9.52. The third-order valence-electron chi connectivity index (χ3n) is 4.50. The highest BCUT2D eigenvalue weighted by atomic mass is 35.5. The summed E-state index contributed by atoms with van der Waals surface area (Å²) < 4.78 is 22.4. The molecule has 1 heterocycles. The van der Waals surface area contributed by atoms with Crippen LogP contribution in [0.15, 0.2) is 47.0 Å². The van der Waals surface area contributed by atoms with Crippen molar-refractivity contribution >= 4 is 25.7 Å². The van der Waals surface area contributed by atoms with Crippen LogP contribution in [-0.4, -0.2) is 42.2 Å². The van der Waals surface area contributed by atoms with Gasteiger partial charge in [0.1, 0.15) is 5.75 Å². The van der Waals surface area contributed by atoms with Gasteiger partial charge >= 0.3 is 0 Å². The molecule has 0 unspecified atom stereocenters. The number of ether oxygens (including phenoxy) is 1. The summed E-state index contributed by atoms with van der Waals surface area (Å²) in [7, 11) is -0.785. The largest absolute Gasteiger partial charge is 0.489 e. The molecule has 0 aliphatic heterocycles. The van der Waals surface area contributed by atoms with E-state index in [1.54, 1.807) is 6.07 Å². The summed E-state index contributed by atoms with van der Waals surface area (Å²) in [6.07, 6.45) is 1.94. The number of aromatic nitrogens is 2. The van der Waals surface area contributed by atoms with E-state index in [9.17, 15) is 0 Å². The van der Waals surface area contributed by atoms with E-state index in [1.165, 1.54) is 0 Å². The first-order valence-corrected chi connectivity index (χ1v) is 12.9. The van der Waals surface area contributed by atoms with Crippen LogP contribution in [0.1, 0.15) is 34.1 Å². The van der Waals surface area contributed by atoms with Gasteiger partial charge in [-0.1, -0.05) is 16.8 Å². The highest BCUT2D eigenvalue weighted by molar-refractivity contribution is 7.47. The molecule has 178 valence electrons. The lowest BCUT2D eigenvalue weighted by Gasteiger charge is -2.15. The van der Waals surface area contributed by atoms with Crippen LogP contribution in [0, 0.1) is 0 Å². The predicted octanol–water partition coefficient (Wildman–Crippen LogP) is 7.03. The molecule has 1 aromatic heterocycles. The molecule has 0 bridgehead atoms. The van der Waals surface area contributed by atoms with Gasteiger partial charge in [0.15, 0.2) is 8.38 Å². The molecular weight excluding hydrogens is 461 g/mol. The molecule has 0 amide bonds. The lowest BCUT2D eigenvalue weighted by Crippen LogP contribution is -2.05. The first-order chi connectivity index (χ1) is 16.0. The lowest BCUT2D eigenvalue weighted by atomic mass is 10.2. The summed E-state index contributed by atoms with van der Waals surface area (Å²) >= 11 is 6.33. The van der Waals surface area contributed by atoms with Crippen LogP contribution in [-0.2, 0) is 9.05 Å². The molecule has 0 radical (unpaired) electrons. The van der Waals surface area contributed by atoms with Crippen molar-refractivity contribution in [2.24, 2.45) is 0 Å². The van der Waals surface area contributed by atoms with Gasteiger partial charge in [-0.15, -0.1) is 0 Å². The summed E-state index contributed by atoms with van der Waals surface area (Å²) in [5.41, 5.74) is 2.65. The molecule has 0 atom stereocenters. The van der Waals surface area contributed by atoms with Crippen molar-refractivity contribution in [1.82, 2.24) is 10.1 Å². The number of rotatable bonds is 13. The Morgan fingerprint density at radius 1 is 1.03 bits per heavy atom. The van der Waals surface area contributed by atoms with E-state index < -0.39 is 8.38 Å². The first-order valence-electron chi connectivity index (χ1n) is 11.2. The van der Waals surface area contributed by atoms with Gasteiger partial charge in [0.2, 0.25) is 5.82 Å². The Bertz CT molecular complexity index is 992. The minimum absolute atomic E-state index is 0.0468. The third kappa shape index (κ3) is 7.68. The highest BCUT2D eigenvalue weighted by Gasteiger charge is 2.13. The number of nitrogens with zero attached hydrogens (tertiary/aromatic N) is 2. The maximum Gasteiger partial charge on any atom is 0.258 e. The zero-order chi connectivity index (χ0) is 23.6. The fourth-order valence-electron chi connectivity index (χ4n) is 3.07. The van der Waals surface area contributed by atoms with E-state index in [0.29, 0.717) is 35.7 Å². The number of nitrogens with one attached hydrogen (secondary N) is 1. The van der Waals surface area contributed by atoms with Crippen molar-refractivity contribution in [2.75, 3.05) is 31.2 Å². The average molecular weight is 492 g/mol. The van der Waals surface area contributed by atoms with Crippen LogP contribution in [0.5, 0.6) is 5.75 Å². The van der Waals surface area contributed by atoms with E-state index in [4.69, 9.17) is 29.9 Å². The second-order valence-electron chi connectivity index (χ2n) is 7.48. The van der Waals surface area contributed by atoms with Gasteiger partial charge in [0.05, 0.1) is 24.3 Å². The van der Waals surface area contributed by atoms with Crippen molar-refractivity contribution < 1.29 is 18.3 Å². The topological polar surface area (TPSA) is 78.6 Å². The van der Waals surface area contributed by atoms with Crippen molar-refractivity contribution in [3.8, 4) is 28.6 Å². The Balaban J connectivity index is 1.56. The normalized spacial score (nSPS) is 11.4. The smallest absolute Gasteiger partial charge is 0.258 e. The van der Waals surface area contributed by atoms with Crippen LogP contribution < -0.4 is 10.1 Å². The molecule has 0 aliphatic carbocycles. The number of hydrogen-bond acceptors (Lipinski definition) is 7. The maximum atomic E-state index is 6.33. The van der Waals surface area contributed by atoms with Gasteiger partial charge in [0.25, 0.3) is 5.89 Å². The van der Waals surface area contributed by atoms with Gasteiger partial charge in [-0.2, -0.15) is 4.98 Å². The molecule has 0 saturated heterocycles. The molecule has 0 aliphatic rings. The Kier molecular flexibility index (Phi) is 9.95. The summed E-state index contributed by atoms with van der Waals surface area (Å²) in [5.74, 6) is 1.56. The van der Waals surface area contributed by atoms with Crippen molar-refractivity contribution in [1.29, 1.82) is 0 Å². The molecule has 3 rings (SSSR count). The molecular formula is C24H31ClN3O4P.